The van der Waals surface area contributed by atoms with Gasteiger partial charge in [-0.05, 0) is 215 Å². The van der Waals surface area contributed by atoms with Gasteiger partial charge in [0.05, 0.1) is 67.4 Å². The molecule has 13 aromatic carbocycles. The van der Waals surface area contributed by atoms with Gasteiger partial charge in [0.2, 0.25) is 0 Å². The highest BCUT2D eigenvalue weighted by Gasteiger charge is 2.56. The van der Waals surface area contributed by atoms with Gasteiger partial charge >= 0.3 is 0 Å². The minimum absolute atomic E-state index is 0.131. The monoisotopic (exact) mass is 1710 g/mol. The molecule has 0 spiro atoms. The van der Waals surface area contributed by atoms with Gasteiger partial charge in [0.1, 0.15) is 33.5 Å². The fraction of sp³-hybridized carbons (Fsp3) is 0.310. The molecular weight excluding hydrogens is 1590 g/mol. The van der Waals surface area contributed by atoms with Gasteiger partial charge in [0, 0.05) is 135 Å². The van der Waals surface area contributed by atoms with E-state index in [0.717, 1.165) is 141 Å². The van der Waals surface area contributed by atoms with Gasteiger partial charge in [-0.2, -0.15) is 0 Å². The molecule has 0 N–H and O–H groups in total. The van der Waals surface area contributed by atoms with Crippen LogP contribution in [0, 0.1) is 34.6 Å². The van der Waals surface area contributed by atoms with E-state index < -0.39 is 0 Å². The molecule has 7 unspecified atom stereocenters. The maximum absolute atomic E-state index is 6.45. The van der Waals surface area contributed by atoms with E-state index in [1.807, 2.05) is 24.3 Å². The van der Waals surface area contributed by atoms with E-state index >= 15 is 0 Å². The fourth-order valence-corrected chi connectivity index (χ4v) is 22.6. The molecule has 13 heterocycles. The highest BCUT2D eigenvalue weighted by atomic mass is 16.3. The summed E-state index contributed by atoms with van der Waals surface area (Å²) >= 11 is 0. The maximum atomic E-state index is 6.45. The summed E-state index contributed by atoms with van der Waals surface area (Å²) in [6, 6.07) is 90.8. The second-order valence-corrected chi connectivity index (χ2v) is 37.7. The Morgan fingerprint density at radius 1 is 0.287 bits per heavy atom. The summed E-state index contributed by atoms with van der Waals surface area (Å²) in [5.41, 5.74) is 31.0. The number of furan rings is 5. The fourth-order valence-electron chi connectivity index (χ4n) is 22.6. The lowest BCUT2D eigenvalue weighted by Crippen LogP contribution is -2.77. The summed E-state index contributed by atoms with van der Waals surface area (Å²) in [5.74, 6) is 0. The van der Waals surface area contributed by atoms with Crippen molar-refractivity contribution >= 4 is 144 Å². The van der Waals surface area contributed by atoms with E-state index in [-0.39, 0.29) is 23.9 Å². The van der Waals surface area contributed by atoms with Crippen LogP contribution in [-0.2, 0) is 31.3 Å². The second-order valence-electron chi connectivity index (χ2n) is 37.7. The van der Waals surface area contributed by atoms with Gasteiger partial charge < -0.3 is 46.6 Å². The Morgan fingerprint density at radius 2 is 0.643 bits per heavy atom. The maximum Gasteiger partial charge on any atom is 0.159 e. The zero-order valence-electron chi connectivity index (χ0n) is 77.2. The summed E-state index contributed by atoms with van der Waals surface area (Å²) < 4.78 is 31.9. The number of anilines is 6. The first kappa shape index (κ1) is 83.5. The van der Waals surface area contributed by atoms with E-state index in [2.05, 4.69) is 382 Å². The molecule has 0 amide bonds. The number of likely N-dealkylation sites (N-methyl/N-ethyl adjacent to an activating group) is 1. The molecule has 656 valence electrons. The lowest BCUT2D eigenvalue weighted by Gasteiger charge is -2.64. The summed E-state index contributed by atoms with van der Waals surface area (Å²) in [4.78, 5) is 27.4. The van der Waals surface area contributed by atoms with Crippen LogP contribution in [-0.4, -0.2) is 148 Å². The molecule has 0 radical (unpaired) electrons. The summed E-state index contributed by atoms with van der Waals surface area (Å²) in [6.07, 6.45) is 5.71. The minimum atomic E-state index is 0.131. The summed E-state index contributed by atoms with van der Waals surface area (Å²) in [7, 11) is 8.82. The van der Waals surface area contributed by atoms with Crippen molar-refractivity contribution in [3.8, 4) is 0 Å². The molecule has 5 aromatic heterocycles. The summed E-state index contributed by atoms with van der Waals surface area (Å²) in [6.45, 7) is 34.3. The first-order valence-corrected chi connectivity index (χ1v) is 46.6. The van der Waals surface area contributed by atoms with Crippen LogP contribution in [0.3, 0.4) is 0 Å². The number of fused-ring (bicyclic) bond motifs is 18. The molecule has 129 heavy (non-hydrogen) atoms. The molecule has 26 rings (SSSR count). The number of rotatable bonds is 5. The molecule has 16 nitrogen and oxygen atoms in total. The Labute approximate surface area is 757 Å². The quantitative estimate of drug-likeness (QED) is 0.163. The van der Waals surface area contributed by atoms with Crippen LogP contribution < -0.4 is 24.5 Å². The number of hydrogen-bond acceptors (Lipinski definition) is 16. The first-order chi connectivity index (χ1) is 62.7. The van der Waals surface area contributed by atoms with Crippen LogP contribution in [0.25, 0.3) is 110 Å². The van der Waals surface area contributed by atoms with Gasteiger partial charge in [-0.3, -0.25) is 29.4 Å². The predicted octanol–water partition coefficient (Wildman–Crippen LogP) is 25.4. The van der Waals surface area contributed by atoms with E-state index in [4.69, 9.17) is 22.1 Å². The first-order valence-electron chi connectivity index (χ1n) is 46.6. The van der Waals surface area contributed by atoms with Crippen molar-refractivity contribution in [3.05, 3.63) is 310 Å². The van der Waals surface area contributed by atoms with Crippen molar-refractivity contribution < 1.29 is 22.1 Å². The number of benzene rings is 13. The van der Waals surface area contributed by atoms with Gasteiger partial charge in [0.15, 0.2) is 22.3 Å². The third kappa shape index (κ3) is 14.6. The highest BCUT2D eigenvalue weighted by molar-refractivity contribution is 6.14. The molecule has 5 fully saturated rings. The molecule has 16 heteroatoms. The SMILES string of the molecule is Cc1ccc2c(oc3ccccc32)c1C12CN3CN(CN(C3)C1C)C2.Cc1ccc2c(oc3ccccc32)c1N1CCCCN(C)C1C.Cc1ccc2c(oc3ccccc32)c1N1CCc2ccccc2N(C)C1C.Cc1ccc2c(oc3ccccc32)c1N1Cc2ccccc2CN(C)C1C.Cc1ccc2c(oc3ccccc32)c1N1c2ccccc2CCN(C)C1C. The highest BCUT2D eigenvalue weighted by Crippen LogP contribution is 2.51. The molecule has 0 aliphatic carbocycles. The lowest BCUT2D eigenvalue weighted by atomic mass is 9.68. The van der Waals surface area contributed by atoms with E-state index in [1.54, 1.807) is 0 Å². The third-order valence-corrected chi connectivity index (χ3v) is 30.0. The standard InChI is InChI=1S/3C24H24N2O.C21H23N3O.C20H24N2O/c1-16-12-13-20-19-9-5-7-11-22(19)27-24(20)23(16)26-15-14-18-8-4-6-10-21(18)25(3)17(26)2;1-16-12-13-20-19-9-5-7-11-22(19)27-24(20)23(16)26-17(2)25(3)15-14-18-8-4-6-10-21(18)26;1-16-12-13-21-20-10-6-7-11-22(20)27-24(21)23(16)26-15-19-9-5-4-8-18(19)14-25(3)17(26)2;1-14-7-8-17-16-5-3-4-6-18(16)25-20(17)19(14)21-9-22-11-23(10-21)13-24(12-22)15(21)2;1-14-10-11-17-16-8-4-5-9-18(16)23-20(17)19(14)22-13-7-6-12-21(3)15(22)2/h3*4-13,17H,14-15H2,1-3H3;3-8,15H,9-13H2,1-2H3;4-5,8-11,15H,6-7,12-13H2,1-3H3. The zero-order chi connectivity index (χ0) is 88.4. The summed E-state index contributed by atoms with van der Waals surface area (Å²) in [5, 5.41) is 12.1. The average Bonchev–Trinajstić information content (AvgIpc) is 1.69. The molecular formula is C113H119N11O5. The molecule has 4 bridgehead atoms. The Morgan fingerprint density at radius 3 is 1.14 bits per heavy atom. The Bertz CT molecular complexity index is 7260. The van der Waals surface area contributed by atoms with Crippen molar-refractivity contribution in [1.82, 2.24) is 29.4 Å². The van der Waals surface area contributed by atoms with Crippen molar-refractivity contribution in [1.29, 1.82) is 0 Å². The molecule has 7 atom stereocenters. The van der Waals surface area contributed by atoms with E-state index in [1.165, 1.54) is 156 Å². The van der Waals surface area contributed by atoms with Crippen LogP contribution in [0.1, 0.15) is 103 Å². The zero-order valence-corrected chi connectivity index (χ0v) is 77.2. The smallest absolute Gasteiger partial charge is 0.159 e. The van der Waals surface area contributed by atoms with Crippen molar-refractivity contribution in [3.63, 3.8) is 0 Å². The normalized spacial score (nSPS) is 21.9. The van der Waals surface area contributed by atoms with Crippen LogP contribution >= 0.6 is 0 Å². The second kappa shape index (κ2) is 33.9. The average molecular weight is 1710 g/mol. The Hall–Kier alpha value is -12.4. The van der Waals surface area contributed by atoms with Crippen molar-refractivity contribution in [2.24, 2.45) is 0 Å². The van der Waals surface area contributed by atoms with Gasteiger partial charge in [0.25, 0.3) is 0 Å². The van der Waals surface area contributed by atoms with Crippen molar-refractivity contribution in [2.75, 3.05) is 112 Å². The Kier molecular flexibility index (Phi) is 22.0. The van der Waals surface area contributed by atoms with Gasteiger partial charge in [-0.25, -0.2) is 0 Å². The van der Waals surface area contributed by atoms with Crippen LogP contribution in [0.15, 0.2) is 277 Å². The third-order valence-electron chi connectivity index (χ3n) is 30.0. The largest absolute Gasteiger partial charge is 0.456 e. The lowest BCUT2D eigenvalue weighted by molar-refractivity contribution is -0.172. The minimum Gasteiger partial charge on any atom is -0.456 e. The predicted molar refractivity (Wildman–Crippen MR) is 535 cm³/mol. The molecule has 5 saturated heterocycles. The number of para-hydroxylation sites is 7. The number of aryl methyl sites for hydroxylation is 5. The molecule has 8 aliphatic rings. The number of hydrogen-bond donors (Lipinski definition) is 0. The van der Waals surface area contributed by atoms with Crippen molar-refractivity contribution in [2.45, 2.75) is 144 Å². The Balaban J connectivity index is 0.0000000979. The van der Waals surface area contributed by atoms with Gasteiger partial charge in [-0.15, -0.1) is 0 Å². The van der Waals surface area contributed by atoms with E-state index in [9.17, 15) is 0 Å². The van der Waals surface area contributed by atoms with Crippen LogP contribution in [0.4, 0.5) is 34.1 Å². The van der Waals surface area contributed by atoms with Crippen LogP contribution in [0.5, 0.6) is 0 Å². The number of nitrogens with zero attached hydrogens (tertiary/aromatic N) is 11. The topological polar surface area (TPSA) is 101 Å². The van der Waals surface area contributed by atoms with Crippen LogP contribution in [0.2, 0.25) is 0 Å². The van der Waals surface area contributed by atoms with E-state index in [0.29, 0.717) is 12.2 Å². The molecule has 18 aromatic rings. The van der Waals surface area contributed by atoms with Gasteiger partial charge in [-0.1, -0.05) is 212 Å². The molecule has 0 saturated carbocycles. The molecule has 8 aliphatic heterocycles.